The van der Waals surface area contributed by atoms with Crippen molar-refractivity contribution in [1.29, 1.82) is 0 Å². The van der Waals surface area contributed by atoms with E-state index in [0.29, 0.717) is 37.8 Å². The summed E-state index contributed by atoms with van der Waals surface area (Å²) < 4.78 is 36.7. The molecule has 152 valence electrons. The lowest BCUT2D eigenvalue weighted by atomic mass is 9.97. The lowest BCUT2D eigenvalue weighted by Crippen LogP contribution is -2.54. The van der Waals surface area contributed by atoms with Crippen molar-refractivity contribution in [2.24, 2.45) is 10.9 Å². The van der Waals surface area contributed by atoms with Gasteiger partial charge in [0.15, 0.2) is 5.96 Å². The predicted octanol–water partition coefficient (Wildman–Crippen LogP) is 0.514. The molecule has 0 unspecified atom stereocenters. The first-order chi connectivity index (χ1) is 13.1. The average molecular weight is 400 g/mol. The Balaban J connectivity index is 1.44. The Hall–Kier alpha value is -1.65. The van der Waals surface area contributed by atoms with Gasteiger partial charge in [-0.2, -0.15) is 4.31 Å². The summed E-state index contributed by atoms with van der Waals surface area (Å²) in [6, 6.07) is 1.58. The van der Waals surface area contributed by atoms with Gasteiger partial charge in [-0.15, -0.1) is 0 Å². The lowest BCUT2D eigenvalue weighted by Gasteiger charge is -2.36. The van der Waals surface area contributed by atoms with Crippen molar-refractivity contribution < 1.29 is 17.7 Å². The number of hydrogen-bond acceptors (Lipinski definition) is 6. The normalized spacial score (nSPS) is 20.8. The van der Waals surface area contributed by atoms with Crippen molar-refractivity contribution in [1.82, 2.24) is 19.7 Å². The number of ether oxygens (including phenoxy) is 1. The number of aliphatic imine (C=N–C) groups is 1. The maximum absolute atomic E-state index is 12.5. The Morgan fingerprint density at radius 2 is 2.04 bits per heavy atom. The minimum atomic E-state index is -3.38. The molecular weight excluding hydrogens is 370 g/mol. The molecule has 3 rings (SSSR count). The van der Waals surface area contributed by atoms with Crippen molar-refractivity contribution in [3.63, 3.8) is 0 Å². The third-order valence-electron chi connectivity index (χ3n) is 5.14. The van der Waals surface area contributed by atoms with Gasteiger partial charge < -0.3 is 19.5 Å². The highest BCUT2D eigenvalue weighted by Crippen LogP contribution is 2.17. The van der Waals surface area contributed by atoms with Gasteiger partial charge in [0.1, 0.15) is 12.0 Å². The van der Waals surface area contributed by atoms with Crippen molar-refractivity contribution >= 4 is 16.0 Å². The lowest BCUT2D eigenvalue weighted by molar-refractivity contribution is 0.0642. The quantitative estimate of drug-likeness (QED) is 0.550. The van der Waals surface area contributed by atoms with Crippen LogP contribution in [0.15, 0.2) is 21.8 Å². The van der Waals surface area contributed by atoms with Gasteiger partial charge in [0.25, 0.3) is 0 Å². The second-order valence-electron chi connectivity index (χ2n) is 6.95. The smallest absolute Gasteiger partial charge is 0.220 e. The molecule has 0 bridgehead atoms. The predicted molar refractivity (Wildman–Crippen MR) is 102 cm³/mol. The summed E-state index contributed by atoms with van der Waals surface area (Å²) in [6.07, 6.45) is 4.75. The number of guanidine groups is 1. The molecule has 2 aliphatic heterocycles. The SMILES string of the molecule is CN=C(NCCC1CCOCC1)N1CCN(S(=O)(=O)Cc2ccon2)CC1. The first kappa shape index (κ1) is 20.1. The van der Waals surface area contributed by atoms with Crippen LogP contribution in [0.25, 0.3) is 0 Å². The third-order valence-corrected chi connectivity index (χ3v) is 6.95. The zero-order valence-electron chi connectivity index (χ0n) is 15.8. The summed E-state index contributed by atoms with van der Waals surface area (Å²) in [7, 11) is -1.61. The van der Waals surface area contributed by atoms with E-state index in [1.165, 1.54) is 10.6 Å². The Labute approximate surface area is 160 Å². The number of nitrogens with one attached hydrogen (secondary N) is 1. The van der Waals surface area contributed by atoms with E-state index in [9.17, 15) is 8.42 Å². The Bertz CT molecular complexity index is 693. The molecule has 1 aromatic heterocycles. The molecule has 9 nitrogen and oxygen atoms in total. The molecule has 0 aromatic carbocycles. The van der Waals surface area contributed by atoms with Crippen molar-refractivity contribution in [2.45, 2.75) is 25.0 Å². The Morgan fingerprint density at radius 3 is 2.67 bits per heavy atom. The fourth-order valence-corrected chi connectivity index (χ4v) is 4.95. The van der Waals surface area contributed by atoms with E-state index >= 15 is 0 Å². The second kappa shape index (κ2) is 9.52. The van der Waals surface area contributed by atoms with Crippen LogP contribution >= 0.6 is 0 Å². The van der Waals surface area contributed by atoms with Gasteiger partial charge in [0, 0.05) is 59.1 Å². The molecular formula is C17H29N5O4S. The first-order valence-corrected chi connectivity index (χ1v) is 11.1. The van der Waals surface area contributed by atoms with E-state index in [4.69, 9.17) is 9.26 Å². The molecule has 1 aromatic rings. The van der Waals surface area contributed by atoms with Crippen LogP contribution in [0, 0.1) is 5.92 Å². The van der Waals surface area contributed by atoms with Crippen molar-refractivity contribution in [2.75, 3.05) is 53.0 Å². The van der Waals surface area contributed by atoms with Gasteiger partial charge in [0.05, 0.1) is 5.69 Å². The highest BCUT2D eigenvalue weighted by Gasteiger charge is 2.29. The minimum Gasteiger partial charge on any atom is -0.381 e. The molecule has 2 aliphatic rings. The minimum absolute atomic E-state index is 0.123. The van der Waals surface area contributed by atoms with Crippen LogP contribution in [0.5, 0.6) is 0 Å². The number of rotatable bonds is 6. The van der Waals surface area contributed by atoms with Gasteiger partial charge in [-0.25, -0.2) is 8.42 Å². The number of sulfonamides is 1. The summed E-state index contributed by atoms with van der Waals surface area (Å²) in [6.45, 7) is 4.74. The number of hydrogen-bond donors (Lipinski definition) is 1. The van der Waals surface area contributed by atoms with Gasteiger partial charge in [-0.1, -0.05) is 5.16 Å². The van der Waals surface area contributed by atoms with Crippen LogP contribution in [-0.2, 0) is 20.5 Å². The second-order valence-corrected chi connectivity index (χ2v) is 8.92. The maximum atomic E-state index is 12.5. The van der Waals surface area contributed by atoms with Crippen molar-refractivity contribution in [3.05, 3.63) is 18.0 Å². The number of aromatic nitrogens is 1. The van der Waals surface area contributed by atoms with Gasteiger partial charge in [-0.3, -0.25) is 4.99 Å². The van der Waals surface area contributed by atoms with E-state index < -0.39 is 10.0 Å². The number of piperazine rings is 1. The van der Waals surface area contributed by atoms with Gasteiger partial charge in [0.2, 0.25) is 10.0 Å². The highest BCUT2D eigenvalue weighted by molar-refractivity contribution is 7.88. The molecule has 0 spiro atoms. The van der Waals surface area contributed by atoms with Crippen LogP contribution in [0.2, 0.25) is 0 Å². The summed E-state index contributed by atoms with van der Waals surface area (Å²) in [5, 5.41) is 7.12. The molecule has 0 aliphatic carbocycles. The fourth-order valence-electron chi connectivity index (χ4n) is 3.52. The molecule has 0 atom stereocenters. The summed E-state index contributed by atoms with van der Waals surface area (Å²) >= 11 is 0. The highest BCUT2D eigenvalue weighted by atomic mass is 32.2. The summed E-state index contributed by atoms with van der Waals surface area (Å²) in [5.74, 6) is 1.43. The molecule has 2 fully saturated rings. The van der Waals surface area contributed by atoms with Crippen molar-refractivity contribution in [3.8, 4) is 0 Å². The molecule has 2 saturated heterocycles. The topological polar surface area (TPSA) is 100 Å². The van der Waals surface area contributed by atoms with E-state index in [2.05, 4.69) is 20.4 Å². The standard InChI is InChI=1S/C17H29N5O4S/c1-18-17(19-6-2-15-3-11-25-12-4-15)21-7-9-22(10-8-21)27(23,24)14-16-5-13-26-20-16/h5,13,15H,2-4,6-12,14H2,1H3,(H,18,19). The van der Waals surface area contributed by atoms with E-state index in [0.717, 1.165) is 45.0 Å². The maximum Gasteiger partial charge on any atom is 0.220 e. The van der Waals surface area contributed by atoms with E-state index in [1.54, 1.807) is 13.1 Å². The number of nitrogens with zero attached hydrogens (tertiary/aromatic N) is 4. The van der Waals surface area contributed by atoms with Crippen LogP contribution in [0.3, 0.4) is 0 Å². The summed E-state index contributed by atoms with van der Waals surface area (Å²) in [4.78, 5) is 6.48. The zero-order chi connectivity index (χ0) is 19.1. The molecule has 0 amide bonds. The molecule has 1 N–H and O–H groups in total. The summed E-state index contributed by atoms with van der Waals surface area (Å²) in [5.41, 5.74) is 0.433. The third kappa shape index (κ3) is 5.66. The Morgan fingerprint density at radius 1 is 1.30 bits per heavy atom. The molecule has 27 heavy (non-hydrogen) atoms. The molecule has 0 radical (unpaired) electrons. The first-order valence-electron chi connectivity index (χ1n) is 9.49. The average Bonchev–Trinajstić information content (AvgIpc) is 3.18. The van der Waals surface area contributed by atoms with Crippen LogP contribution in [-0.4, -0.2) is 81.7 Å². The van der Waals surface area contributed by atoms with E-state index in [-0.39, 0.29) is 5.75 Å². The van der Waals surface area contributed by atoms with Gasteiger partial charge in [-0.05, 0) is 25.2 Å². The van der Waals surface area contributed by atoms with E-state index in [1.807, 2.05) is 0 Å². The van der Waals surface area contributed by atoms with Gasteiger partial charge >= 0.3 is 0 Å². The fraction of sp³-hybridized carbons (Fsp3) is 0.765. The molecule has 3 heterocycles. The largest absolute Gasteiger partial charge is 0.381 e. The zero-order valence-corrected chi connectivity index (χ0v) is 16.7. The Kier molecular flexibility index (Phi) is 7.08. The van der Waals surface area contributed by atoms with Crippen LogP contribution in [0.4, 0.5) is 0 Å². The van der Waals surface area contributed by atoms with Crippen LogP contribution < -0.4 is 5.32 Å². The molecule has 0 saturated carbocycles. The molecule has 10 heteroatoms. The monoisotopic (exact) mass is 399 g/mol. The van der Waals surface area contributed by atoms with Crippen LogP contribution in [0.1, 0.15) is 25.0 Å².